The van der Waals surface area contributed by atoms with E-state index in [1.807, 2.05) is 0 Å². The van der Waals surface area contributed by atoms with Gasteiger partial charge in [-0.15, -0.1) is 0 Å². The first-order chi connectivity index (χ1) is 8.99. The molecule has 0 aliphatic heterocycles. The first kappa shape index (κ1) is 14.7. The number of esters is 1. The van der Waals surface area contributed by atoms with Crippen LogP contribution in [0.15, 0.2) is 18.2 Å². The third-order valence-electron chi connectivity index (χ3n) is 2.46. The maximum absolute atomic E-state index is 11.4. The molecule has 0 fully saturated rings. The summed E-state index contributed by atoms with van der Waals surface area (Å²) in [7, 11) is 3.02. The Morgan fingerprint density at radius 1 is 1.47 bits per heavy atom. The van der Waals surface area contributed by atoms with Gasteiger partial charge in [-0.3, -0.25) is 14.9 Å². The van der Waals surface area contributed by atoms with Gasteiger partial charge in [0.25, 0.3) is 5.69 Å². The molecule has 0 bridgehead atoms. The van der Waals surface area contributed by atoms with Crippen molar-refractivity contribution in [1.29, 1.82) is 0 Å². The van der Waals surface area contributed by atoms with Crippen LogP contribution in [-0.2, 0) is 9.53 Å². The van der Waals surface area contributed by atoms with Gasteiger partial charge in [-0.25, -0.2) is 0 Å². The minimum absolute atomic E-state index is 0.0546. The van der Waals surface area contributed by atoms with Crippen LogP contribution in [0.5, 0.6) is 5.75 Å². The Balaban J connectivity index is 2.98. The Labute approximate surface area is 110 Å². The minimum Gasteiger partial charge on any atom is -0.496 e. The topological polar surface area (TPSA) is 81.9 Å². The van der Waals surface area contributed by atoms with Gasteiger partial charge < -0.3 is 14.4 Å². The molecule has 0 radical (unpaired) electrons. The highest BCUT2D eigenvalue weighted by atomic mass is 16.6. The van der Waals surface area contributed by atoms with Gasteiger partial charge in [-0.2, -0.15) is 0 Å². The van der Waals surface area contributed by atoms with Gasteiger partial charge in [0, 0.05) is 7.05 Å². The first-order valence-electron chi connectivity index (χ1n) is 5.68. The molecule has 0 amide bonds. The number of ether oxygens (including phenoxy) is 2. The summed E-state index contributed by atoms with van der Waals surface area (Å²) in [6.45, 7) is 1.92. The van der Waals surface area contributed by atoms with E-state index < -0.39 is 10.9 Å². The summed E-state index contributed by atoms with van der Waals surface area (Å²) in [5.74, 6) is -0.0462. The van der Waals surface area contributed by atoms with Crippen molar-refractivity contribution in [2.75, 3.05) is 32.2 Å². The van der Waals surface area contributed by atoms with Gasteiger partial charge in [0.2, 0.25) is 0 Å². The molecule has 0 atom stereocenters. The number of nitro groups is 1. The molecular weight excluding hydrogens is 252 g/mol. The molecule has 1 rings (SSSR count). The highest BCUT2D eigenvalue weighted by Gasteiger charge is 2.20. The molecule has 0 aliphatic carbocycles. The van der Waals surface area contributed by atoms with Crippen LogP contribution in [0.25, 0.3) is 0 Å². The van der Waals surface area contributed by atoms with E-state index in [2.05, 4.69) is 0 Å². The number of nitrogens with zero attached hydrogens (tertiary/aromatic N) is 2. The van der Waals surface area contributed by atoms with E-state index in [9.17, 15) is 14.9 Å². The average molecular weight is 268 g/mol. The van der Waals surface area contributed by atoms with E-state index in [1.54, 1.807) is 20.0 Å². The number of anilines is 1. The Morgan fingerprint density at radius 2 is 2.16 bits per heavy atom. The molecule has 0 unspecified atom stereocenters. The number of benzene rings is 1. The molecule has 1 aromatic rings. The summed E-state index contributed by atoms with van der Waals surface area (Å²) in [6.07, 6.45) is 0. The number of nitro benzene ring substituents is 1. The van der Waals surface area contributed by atoms with Gasteiger partial charge >= 0.3 is 5.97 Å². The van der Waals surface area contributed by atoms with Crippen molar-refractivity contribution in [3.8, 4) is 5.75 Å². The predicted molar refractivity (Wildman–Crippen MR) is 69.6 cm³/mol. The van der Waals surface area contributed by atoms with E-state index in [-0.39, 0.29) is 18.8 Å². The Bertz CT molecular complexity index is 475. The third kappa shape index (κ3) is 3.84. The van der Waals surface area contributed by atoms with Crippen LogP contribution >= 0.6 is 0 Å². The number of methoxy groups -OCH3 is 1. The molecule has 7 nitrogen and oxygen atoms in total. The van der Waals surface area contributed by atoms with Crippen molar-refractivity contribution < 1.29 is 19.2 Å². The van der Waals surface area contributed by atoms with Crippen LogP contribution in [0.1, 0.15) is 6.92 Å². The lowest BCUT2D eigenvalue weighted by molar-refractivity contribution is -0.384. The Hall–Kier alpha value is -2.31. The van der Waals surface area contributed by atoms with Gasteiger partial charge in [0.05, 0.1) is 24.7 Å². The average Bonchev–Trinajstić information content (AvgIpc) is 2.38. The Morgan fingerprint density at radius 3 is 2.68 bits per heavy atom. The monoisotopic (exact) mass is 268 g/mol. The minimum atomic E-state index is -0.514. The van der Waals surface area contributed by atoms with Crippen LogP contribution in [-0.4, -0.2) is 38.2 Å². The number of rotatable bonds is 6. The van der Waals surface area contributed by atoms with Crippen molar-refractivity contribution in [3.05, 3.63) is 28.3 Å². The zero-order chi connectivity index (χ0) is 14.4. The van der Waals surface area contributed by atoms with Gasteiger partial charge in [0.15, 0.2) is 0 Å². The van der Waals surface area contributed by atoms with Crippen LogP contribution in [0.2, 0.25) is 0 Å². The molecule has 0 heterocycles. The van der Waals surface area contributed by atoms with Crippen LogP contribution in [0, 0.1) is 10.1 Å². The summed E-state index contributed by atoms with van der Waals surface area (Å²) >= 11 is 0. The summed E-state index contributed by atoms with van der Waals surface area (Å²) in [6, 6.07) is 4.46. The van der Waals surface area contributed by atoms with Crippen molar-refractivity contribution in [2.45, 2.75) is 6.92 Å². The fourth-order valence-electron chi connectivity index (χ4n) is 1.58. The molecule has 19 heavy (non-hydrogen) atoms. The van der Waals surface area contributed by atoms with Crippen LogP contribution in [0.4, 0.5) is 11.4 Å². The molecular formula is C12H16N2O5. The van der Waals surface area contributed by atoms with Crippen molar-refractivity contribution in [2.24, 2.45) is 0 Å². The standard InChI is InChI=1S/C12H16N2O5/c1-4-19-12(15)8-13(2)10-6-5-9(18-3)7-11(10)14(16)17/h5-7H,4,8H2,1-3H3. The van der Waals surface area contributed by atoms with E-state index in [4.69, 9.17) is 9.47 Å². The van der Waals surface area contributed by atoms with Crippen molar-refractivity contribution in [3.63, 3.8) is 0 Å². The zero-order valence-corrected chi connectivity index (χ0v) is 11.1. The number of carbonyl (C=O) groups is 1. The highest BCUT2D eigenvalue weighted by molar-refractivity contribution is 5.77. The molecule has 0 aromatic heterocycles. The highest BCUT2D eigenvalue weighted by Crippen LogP contribution is 2.31. The van der Waals surface area contributed by atoms with E-state index in [0.29, 0.717) is 11.4 Å². The summed E-state index contributed by atoms with van der Waals surface area (Å²) in [4.78, 5) is 23.3. The summed E-state index contributed by atoms with van der Waals surface area (Å²) in [5.41, 5.74) is 0.213. The SMILES string of the molecule is CCOC(=O)CN(C)c1ccc(OC)cc1[N+](=O)[O-]. The number of hydrogen-bond acceptors (Lipinski definition) is 6. The summed E-state index contributed by atoms with van der Waals surface area (Å²) in [5, 5.41) is 11.0. The third-order valence-corrected chi connectivity index (χ3v) is 2.46. The van der Waals surface area contributed by atoms with Gasteiger partial charge in [-0.05, 0) is 19.1 Å². The molecule has 1 aromatic carbocycles. The summed E-state index contributed by atoms with van der Waals surface area (Å²) < 4.78 is 9.75. The molecule has 0 spiro atoms. The normalized spacial score (nSPS) is 9.84. The van der Waals surface area contributed by atoms with Crippen LogP contribution in [0.3, 0.4) is 0 Å². The predicted octanol–water partition coefficient (Wildman–Crippen LogP) is 1.60. The molecule has 0 saturated carbocycles. The van der Waals surface area contributed by atoms with Crippen LogP contribution < -0.4 is 9.64 Å². The maximum atomic E-state index is 11.4. The first-order valence-corrected chi connectivity index (χ1v) is 5.68. The fraction of sp³-hybridized carbons (Fsp3) is 0.417. The Kier molecular flexibility index (Phi) is 5.11. The molecule has 7 heteroatoms. The van der Waals surface area contributed by atoms with Gasteiger partial charge in [-0.1, -0.05) is 0 Å². The lowest BCUT2D eigenvalue weighted by atomic mass is 10.2. The lowest BCUT2D eigenvalue weighted by Crippen LogP contribution is -2.27. The molecule has 104 valence electrons. The maximum Gasteiger partial charge on any atom is 0.325 e. The van der Waals surface area contributed by atoms with Crippen molar-refractivity contribution in [1.82, 2.24) is 0 Å². The van der Waals surface area contributed by atoms with Gasteiger partial charge in [0.1, 0.15) is 18.0 Å². The fourth-order valence-corrected chi connectivity index (χ4v) is 1.58. The number of hydrogen-bond donors (Lipinski definition) is 0. The quantitative estimate of drug-likeness (QED) is 0.443. The second-order valence-electron chi connectivity index (χ2n) is 3.77. The largest absolute Gasteiger partial charge is 0.496 e. The lowest BCUT2D eigenvalue weighted by Gasteiger charge is -2.18. The second kappa shape index (κ2) is 6.58. The van der Waals surface area contributed by atoms with E-state index in [0.717, 1.165) is 0 Å². The zero-order valence-electron chi connectivity index (χ0n) is 11.1. The van der Waals surface area contributed by atoms with Crippen molar-refractivity contribution >= 4 is 17.3 Å². The van der Waals surface area contributed by atoms with E-state index >= 15 is 0 Å². The second-order valence-corrected chi connectivity index (χ2v) is 3.77. The molecule has 0 aliphatic rings. The van der Waals surface area contributed by atoms with E-state index in [1.165, 1.54) is 24.1 Å². The smallest absolute Gasteiger partial charge is 0.325 e. The molecule has 0 N–H and O–H groups in total. The molecule has 0 saturated heterocycles. The number of carbonyl (C=O) groups excluding carboxylic acids is 1. The number of likely N-dealkylation sites (N-methyl/N-ethyl adjacent to an activating group) is 1.